The van der Waals surface area contributed by atoms with E-state index in [1.165, 1.54) is 0 Å². The molecule has 0 bridgehead atoms. The van der Waals surface area contributed by atoms with Crippen LogP contribution >= 0.6 is 0 Å². The summed E-state index contributed by atoms with van der Waals surface area (Å²) >= 11 is 0. The molecule has 80 valence electrons. The lowest BCUT2D eigenvalue weighted by atomic mass is 10.1. The molecule has 0 atom stereocenters. The number of hydrogen-bond acceptors (Lipinski definition) is 3. The number of hydrogen-bond donors (Lipinski definition) is 2. The second-order valence-corrected chi connectivity index (χ2v) is 3.99. The maximum atomic E-state index is 11.7. The van der Waals surface area contributed by atoms with Crippen molar-refractivity contribution < 1.29 is 4.79 Å². The Morgan fingerprint density at radius 1 is 1.53 bits per heavy atom. The Balaban J connectivity index is 1.86. The average molecular weight is 205 g/mol. The molecule has 0 aromatic carbocycles. The predicted octanol–water partition coefficient (Wildman–Crippen LogP) is 0.437. The molecule has 0 unspecified atom stereocenters. The lowest BCUT2D eigenvalue weighted by molar-refractivity contribution is -0.126. The topological polar surface area (TPSA) is 68.0 Å². The fourth-order valence-electron chi connectivity index (χ4n) is 1.54. The van der Waals surface area contributed by atoms with E-state index >= 15 is 0 Å². The number of carbonyl (C=O) groups excluding carboxylic acids is 1. The van der Waals surface area contributed by atoms with Crippen molar-refractivity contribution in [2.45, 2.75) is 19.4 Å². The first kappa shape index (κ1) is 10.1. The SMILES string of the molecule is NCC1(C(=O)NCc2ccccn2)CC1. The van der Waals surface area contributed by atoms with Gasteiger partial charge in [0.2, 0.25) is 5.91 Å². The molecule has 1 aliphatic carbocycles. The largest absolute Gasteiger partial charge is 0.350 e. The van der Waals surface area contributed by atoms with Gasteiger partial charge in [0.15, 0.2) is 0 Å². The quantitative estimate of drug-likeness (QED) is 0.749. The highest BCUT2D eigenvalue weighted by Crippen LogP contribution is 2.44. The highest BCUT2D eigenvalue weighted by atomic mass is 16.2. The zero-order chi connectivity index (χ0) is 10.7. The Morgan fingerprint density at radius 2 is 2.33 bits per heavy atom. The molecule has 15 heavy (non-hydrogen) atoms. The van der Waals surface area contributed by atoms with Gasteiger partial charge >= 0.3 is 0 Å². The maximum absolute atomic E-state index is 11.7. The zero-order valence-corrected chi connectivity index (χ0v) is 8.57. The molecule has 1 saturated carbocycles. The first-order chi connectivity index (χ1) is 7.27. The molecule has 0 spiro atoms. The Morgan fingerprint density at radius 3 is 2.87 bits per heavy atom. The average Bonchev–Trinajstić information content (AvgIpc) is 3.08. The smallest absolute Gasteiger partial charge is 0.227 e. The molecule has 1 aromatic rings. The van der Waals surface area contributed by atoms with Crippen LogP contribution in [-0.4, -0.2) is 17.4 Å². The first-order valence-corrected chi connectivity index (χ1v) is 5.15. The summed E-state index contributed by atoms with van der Waals surface area (Å²) in [5.74, 6) is 0.0654. The molecule has 4 heteroatoms. The number of carbonyl (C=O) groups is 1. The van der Waals surface area contributed by atoms with Gasteiger partial charge in [-0.2, -0.15) is 0 Å². The van der Waals surface area contributed by atoms with E-state index in [1.54, 1.807) is 6.20 Å². The van der Waals surface area contributed by atoms with E-state index in [-0.39, 0.29) is 11.3 Å². The van der Waals surface area contributed by atoms with Gasteiger partial charge in [-0.1, -0.05) is 6.07 Å². The minimum atomic E-state index is -0.269. The lowest BCUT2D eigenvalue weighted by Gasteiger charge is -2.12. The zero-order valence-electron chi connectivity index (χ0n) is 8.57. The van der Waals surface area contributed by atoms with Crippen LogP contribution in [0.2, 0.25) is 0 Å². The van der Waals surface area contributed by atoms with Crippen LogP contribution in [0.15, 0.2) is 24.4 Å². The monoisotopic (exact) mass is 205 g/mol. The fraction of sp³-hybridized carbons (Fsp3) is 0.455. The van der Waals surface area contributed by atoms with Crippen molar-refractivity contribution in [1.29, 1.82) is 0 Å². The van der Waals surface area contributed by atoms with Gasteiger partial charge in [-0.3, -0.25) is 9.78 Å². The van der Waals surface area contributed by atoms with Crippen molar-refractivity contribution in [3.8, 4) is 0 Å². The molecular weight excluding hydrogens is 190 g/mol. The van der Waals surface area contributed by atoms with E-state index in [0.29, 0.717) is 13.1 Å². The van der Waals surface area contributed by atoms with Crippen LogP contribution < -0.4 is 11.1 Å². The van der Waals surface area contributed by atoms with Crippen LogP contribution in [0.1, 0.15) is 18.5 Å². The minimum Gasteiger partial charge on any atom is -0.350 e. The molecule has 1 aromatic heterocycles. The predicted molar refractivity (Wildman–Crippen MR) is 56.8 cm³/mol. The van der Waals surface area contributed by atoms with Crippen LogP contribution in [-0.2, 0) is 11.3 Å². The third-order valence-corrected chi connectivity index (χ3v) is 2.88. The molecule has 0 saturated heterocycles. The Labute approximate surface area is 88.9 Å². The fourth-order valence-corrected chi connectivity index (χ4v) is 1.54. The van der Waals surface area contributed by atoms with Gasteiger partial charge in [0, 0.05) is 12.7 Å². The van der Waals surface area contributed by atoms with Gasteiger partial charge in [0.05, 0.1) is 17.7 Å². The minimum absolute atomic E-state index is 0.0654. The molecule has 3 N–H and O–H groups in total. The summed E-state index contributed by atoms with van der Waals surface area (Å²) in [6.07, 6.45) is 3.55. The number of rotatable bonds is 4. The van der Waals surface area contributed by atoms with Gasteiger partial charge in [-0.15, -0.1) is 0 Å². The van der Waals surface area contributed by atoms with Crippen molar-refractivity contribution in [2.75, 3.05) is 6.54 Å². The Bertz CT molecular complexity index is 346. The first-order valence-electron chi connectivity index (χ1n) is 5.15. The summed E-state index contributed by atoms with van der Waals surface area (Å²) in [6.45, 7) is 0.933. The highest BCUT2D eigenvalue weighted by Gasteiger charge is 2.48. The van der Waals surface area contributed by atoms with Gasteiger partial charge in [-0.25, -0.2) is 0 Å². The van der Waals surface area contributed by atoms with Crippen LogP contribution in [0.5, 0.6) is 0 Å². The van der Waals surface area contributed by atoms with Crippen molar-refractivity contribution in [3.05, 3.63) is 30.1 Å². The second kappa shape index (κ2) is 3.98. The molecule has 4 nitrogen and oxygen atoms in total. The summed E-state index contributed by atoms with van der Waals surface area (Å²) in [5, 5.41) is 2.87. The van der Waals surface area contributed by atoms with E-state index in [9.17, 15) is 4.79 Å². The number of nitrogens with zero attached hydrogens (tertiary/aromatic N) is 1. The van der Waals surface area contributed by atoms with E-state index < -0.39 is 0 Å². The molecule has 1 fully saturated rings. The van der Waals surface area contributed by atoms with Gasteiger partial charge in [-0.05, 0) is 25.0 Å². The van der Waals surface area contributed by atoms with Crippen LogP contribution in [0, 0.1) is 5.41 Å². The van der Waals surface area contributed by atoms with Crippen molar-refractivity contribution in [2.24, 2.45) is 11.1 Å². The Kier molecular flexibility index (Phi) is 2.68. The molecule has 2 rings (SSSR count). The molecule has 1 heterocycles. The van der Waals surface area contributed by atoms with Crippen molar-refractivity contribution in [3.63, 3.8) is 0 Å². The number of pyridine rings is 1. The summed E-state index contributed by atoms with van der Waals surface area (Å²) in [7, 11) is 0. The van der Waals surface area contributed by atoms with E-state index in [2.05, 4.69) is 10.3 Å². The van der Waals surface area contributed by atoms with Gasteiger partial charge in [0.1, 0.15) is 0 Å². The molecule has 1 aliphatic rings. The van der Waals surface area contributed by atoms with E-state index in [1.807, 2.05) is 18.2 Å². The van der Waals surface area contributed by atoms with Crippen molar-refractivity contribution >= 4 is 5.91 Å². The van der Waals surface area contributed by atoms with Crippen LogP contribution in [0.3, 0.4) is 0 Å². The van der Waals surface area contributed by atoms with E-state index in [0.717, 1.165) is 18.5 Å². The number of aromatic nitrogens is 1. The number of nitrogens with one attached hydrogen (secondary N) is 1. The summed E-state index contributed by atoms with van der Waals surface area (Å²) < 4.78 is 0. The highest BCUT2D eigenvalue weighted by molar-refractivity contribution is 5.85. The number of nitrogens with two attached hydrogens (primary N) is 1. The summed E-state index contributed by atoms with van der Waals surface area (Å²) in [6, 6.07) is 5.65. The van der Waals surface area contributed by atoms with Gasteiger partial charge < -0.3 is 11.1 Å². The van der Waals surface area contributed by atoms with Gasteiger partial charge in [0.25, 0.3) is 0 Å². The molecular formula is C11H15N3O. The standard InChI is InChI=1S/C11H15N3O/c12-8-11(4-5-11)10(15)14-7-9-3-1-2-6-13-9/h1-3,6H,4-5,7-8,12H2,(H,14,15). The third-order valence-electron chi connectivity index (χ3n) is 2.88. The molecule has 1 amide bonds. The third kappa shape index (κ3) is 2.15. The normalized spacial score (nSPS) is 17.1. The van der Waals surface area contributed by atoms with Crippen molar-refractivity contribution in [1.82, 2.24) is 10.3 Å². The van der Waals surface area contributed by atoms with Crippen LogP contribution in [0.4, 0.5) is 0 Å². The molecule has 0 radical (unpaired) electrons. The number of amides is 1. The van der Waals surface area contributed by atoms with E-state index in [4.69, 9.17) is 5.73 Å². The lowest BCUT2D eigenvalue weighted by Crippen LogP contribution is -2.36. The molecule has 0 aliphatic heterocycles. The Hall–Kier alpha value is -1.42. The van der Waals surface area contributed by atoms with Crippen LogP contribution in [0.25, 0.3) is 0 Å². The summed E-state index contributed by atoms with van der Waals surface area (Å²) in [5.41, 5.74) is 6.17. The summed E-state index contributed by atoms with van der Waals surface area (Å²) in [4.78, 5) is 15.8. The maximum Gasteiger partial charge on any atom is 0.227 e. The second-order valence-electron chi connectivity index (χ2n) is 3.99.